The topological polar surface area (TPSA) is 94.8 Å². The number of carbonyl (C=O) groups is 2. The number of hydrogen-bond acceptors (Lipinski definition) is 7. The van der Waals surface area contributed by atoms with Gasteiger partial charge in [-0.1, -0.05) is 69.9 Å². The molecule has 4 fully saturated rings. The second kappa shape index (κ2) is 10.9. The molecule has 11 atom stereocenters. The highest BCUT2D eigenvalue weighted by molar-refractivity contribution is 8.78. The van der Waals surface area contributed by atoms with Gasteiger partial charge in [-0.2, -0.15) is 0 Å². The highest BCUT2D eigenvalue weighted by Gasteiger charge is 2.56. The monoisotopic (exact) mass is 520 g/mol. The number of aliphatic hydroxyl groups excluding tert-OH is 1. The Labute approximate surface area is 207 Å². The Morgan fingerprint density at radius 3 is 1.84 bits per heavy atom. The van der Waals surface area contributed by atoms with Crippen molar-refractivity contribution < 1.29 is 24.9 Å². The van der Waals surface area contributed by atoms with Gasteiger partial charge in [0.25, 0.3) is 0 Å². The van der Waals surface area contributed by atoms with Gasteiger partial charge in [0.1, 0.15) is 0 Å². The molecule has 0 aromatic carbocycles. The predicted molar refractivity (Wildman–Crippen MR) is 136 cm³/mol. The van der Waals surface area contributed by atoms with Gasteiger partial charge in [-0.05, 0) is 61.7 Å². The van der Waals surface area contributed by atoms with Gasteiger partial charge in [0, 0.05) is 27.6 Å². The third-order valence-corrected chi connectivity index (χ3v) is 15.6. The molecular weight excluding hydrogens is 485 g/mol. The van der Waals surface area contributed by atoms with E-state index in [4.69, 9.17) is 0 Å². The molecular formula is C23H36O5S4. The lowest BCUT2D eigenvalue weighted by molar-refractivity contribution is -0.145. The van der Waals surface area contributed by atoms with Crippen molar-refractivity contribution >= 4 is 55.1 Å². The van der Waals surface area contributed by atoms with E-state index in [0.29, 0.717) is 35.2 Å². The number of aliphatic hydroxyl groups is 1. The molecule has 4 aliphatic rings. The molecule has 4 bridgehead atoms. The molecule has 0 amide bonds. The normalized spacial score (nSPS) is 43.8. The van der Waals surface area contributed by atoms with E-state index < -0.39 is 11.9 Å². The molecule has 9 heteroatoms. The average molecular weight is 521 g/mol. The maximum Gasteiger partial charge on any atom is 0.307 e. The van der Waals surface area contributed by atoms with Crippen molar-refractivity contribution in [3.8, 4) is 0 Å². The second-order valence-electron chi connectivity index (χ2n) is 10.1. The molecule has 5 nitrogen and oxygen atoms in total. The molecule has 0 aromatic heterocycles. The van der Waals surface area contributed by atoms with Crippen LogP contribution >= 0.6 is 43.2 Å². The Kier molecular flexibility index (Phi) is 8.67. The van der Waals surface area contributed by atoms with Crippen LogP contribution in [-0.2, 0) is 9.59 Å². The highest BCUT2D eigenvalue weighted by Crippen LogP contribution is 2.63. The van der Waals surface area contributed by atoms with Crippen LogP contribution in [0.1, 0.15) is 58.8 Å². The SMILES string of the molecule is CCCC1C2SSC1C(C(=O)O)CC2C[C@H](CO)C1CC(C(=O)O)C2SSC1C2CCC. The molecule has 0 radical (unpaired) electrons. The van der Waals surface area contributed by atoms with Crippen molar-refractivity contribution in [2.75, 3.05) is 6.61 Å². The standard InChI is InChI=1S/C23H36O5S4/c1-3-5-13-18-11(8-16(22(25)26)20(13)31-29-18)7-12(10-24)15-9-17(23(27)28)21-14(6-4-2)19(15)30-32-21/h11-21,24H,3-10H2,1-2H3,(H,25,26)(H,27,28)/t11?,12-,13?,14?,15?,16?,17?,18?,19?,20?,21?/m1/s1. The summed E-state index contributed by atoms with van der Waals surface area (Å²) in [6.45, 7) is 4.42. The predicted octanol–water partition coefficient (Wildman–Crippen LogP) is 5.52. The van der Waals surface area contributed by atoms with Crippen LogP contribution in [-0.4, -0.2) is 54.9 Å². The summed E-state index contributed by atoms with van der Waals surface area (Å²) in [5.74, 6) is -0.651. The Morgan fingerprint density at radius 1 is 0.812 bits per heavy atom. The van der Waals surface area contributed by atoms with Crippen molar-refractivity contribution in [2.24, 2.45) is 41.4 Å². The molecule has 0 spiro atoms. The van der Waals surface area contributed by atoms with Crippen LogP contribution in [0.5, 0.6) is 0 Å². The van der Waals surface area contributed by atoms with E-state index in [1.807, 2.05) is 21.6 Å². The molecule has 2 saturated carbocycles. The minimum absolute atomic E-state index is 0.0535. The van der Waals surface area contributed by atoms with Crippen LogP contribution in [0.25, 0.3) is 0 Å². The zero-order valence-corrected chi connectivity index (χ0v) is 22.1. The fourth-order valence-corrected chi connectivity index (χ4v) is 15.9. The van der Waals surface area contributed by atoms with E-state index in [0.717, 1.165) is 32.1 Å². The zero-order valence-electron chi connectivity index (χ0n) is 18.8. The molecule has 2 aliphatic carbocycles. The van der Waals surface area contributed by atoms with Crippen LogP contribution in [0.15, 0.2) is 0 Å². The lowest BCUT2D eigenvalue weighted by Gasteiger charge is -2.44. The third kappa shape index (κ3) is 4.71. The maximum absolute atomic E-state index is 12.1. The number of aliphatic carboxylic acids is 2. The van der Waals surface area contributed by atoms with Crippen molar-refractivity contribution in [1.82, 2.24) is 0 Å². The molecule has 182 valence electrons. The average Bonchev–Trinajstić information content (AvgIpc) is 3.22. The van der Waals surface area contributed by atoms with Crippen LogP contribution in [0, 0.1) is 41.4 Å². The van der Waals surface area contributed by atoms with E-state index in [9.17, 15) is 24.9 Å². The second-order valence-corrected chi connectivity index (χ2v) is 15.4. The van der Waals surface area contributed by atoms with Gasteiger partial charge in [-0.25, -0.2) is 0 Å². The number of fused-ring (bicyclic) bond motifs is 4. The van der Waals surface area contributed by atoms with Crippen molar-refractivity contribution in [3.63, 3.8) is 0 Å². The van der Waals surface area contributed by atoms with E-state index in [1.165, 1.54) is 0 Å². The van der Waals surface area contributed by atoms with E-state index >= 15 is 0 Å². The third-order valence-electron chi connectivity index (χ3n) is 8.33. The van der Waals surface area contributed by atoms with E-state index in [2.05, 4.69) is 13.8 Å². The van der Waals surface area contributed by atoms with Gasteiger partial charge in [0.2, 0.25) is 0 Å². The highest BCUT2D eigenvalue weighted by atomic mass is 33.1. The molecule has 2 heterocycles. The first-order chi connectivity index (χ1) is 15.4. The number of hydrogen-bond donors (Lipinski definition) is 3. The lowest BCUT2D eigenvalue weighted by atomic mass is 9.64. The van der Waals surface area contributed by atoms with Crippen molar-refractivity contribution in [1.29, 1.82) is 0 Å². The summed E-state index contributed by atoms with van der Waals surface area (Å²) in [7, 11) is 7.30. The summed E-state index contributed by atoms with van der Waals surface area (Å²) in [4.78, 5) is 24.2. The Bertz CT molecular complexity index is 693. The summed E-state index contributed by atoms with van der Waals surface area (Å²) in [5.41, 5.74) is 0. The number of carboxylic acids is 2. The Hall–Kier alpha value is 0.300. The molecule has 2 aliphatic heterocycles. The fourth-order valence-electron chi connectivity index (χ4n) is 6.89. The van der Waals surface area contributed by atoms with E-state index in [-0.39, 0.29) is 46.7 Å². The smallest absolute Gasteiger partial charge is 0.307 e. The minimum Gasteiger partial charge on any atom is -0.481 e. The first kappa shape index (κ1) is 25.4. The summed E-state index contributed by atoms with van der Waals surface area (Å²) in [5, 5.41) is 31.6. The van der Waals surface area contributed by atoms with Crippen LogP contribution in [0.3, 0.4) is 0 Å². The van der Waals surface area contributed by atoms with Crippen LogP contribution in [0.4, 0.5) is 0 Å². The summed E-state index contributed by atoms with van der Waals surface area (Å²) in [6, 6.07) is 0. The lowest BCUT2D eigenvalue weighted by Crippen LogP contribution is -2.47. The summed E-state index contributed by atoms with van der Waals surface area (Å²) < 4.78 is 0. The Morgan fingerprint density at radius 2 is 1.31 bits per heavy atom. The molecule has 10 unspecified atom stereocenters. The Balaban J connectivity index is 1.55. The van der Waals surface area contributed by atoms with Gasteiger partial charge >= 0.3 is 11.9 Å². The first-order valence-corrected chi connectivity index (χ1v) is 16.7. The van der Waals surface area contributed by atoms with Crippen molar-refractivity contribution in [2.45, 2.75) is 79.8 Å². The number of carboxylic acid groups (broad SMARTS) is 2. The van der Waals surface area contributed by atoms with Crippen LogP contribution < -0.4 is 0 Å². The molecule has 0 aromatic rings. The van der Waals surface area contributed by atoms with Gasteiger partial charge in [0.05, 0.1) is 11.8 Å². The largest absolute Gasteiger partial charge is 0.481 e. The maximum atomic E-state index is 12.1. The van der Waals surface area contributed by atoms with Gasteiger partial charge in [0.15, 0.2) is 0 Å². The molecule has 32 heavy (non-hydrogen) atoms. The number of rotatable bonds is 10. The summed E-state index contributed by atoms with van der Waals surface area (Å²) in [6.07, 6.45) is 6.42. The molecule has 4 rings (SSSR count). The zero-order chi connectivity index (χ0) is 23.0. The van der Waals surface area contributed by atoms with Crippen molar-refractivity contribution in [3.05, 3.63) is 0 Å². The quantitative estimate of drug-likeness (QED) is 0.322. The first-order valence-electron chi connectivity index (χ1n) is 12.1. The minimum atomic E-state index is -0.691. The van der Waals surface area contributed by atoms with E-state index in [1.54, 1.807) is 21.6 Å². The molecule has 2 saturated heterocycles. The van der Waals surface area contributed by atoms with Gasteiger partial charge in [-0.3, -0.25) is 9.59 Å². The van der Waals surface area contributed by atoms with Crippen LogP contribution in [0.2, 0.25) is 0 Å². The fraction of sp³-hybridized carbons (Fsp3) is 0.913. The summed E-state index contributed by atoms with van der Waals surface area (Å²) >= 11 is 0. The molecule has 3 N–H and O–H groups in total. The van der Waals surface area contributed by atoms with Gasteiger partial charge in [-0.15, -0.1) is 0 Å². The van der Waals surface area contributed by atoms with Gasteiger partial charge < -0.3 is 15.3 Å².